The second kappa shape index (κ2) is 6.01. The summed E-state index contributed by atoms with van der Waals surface area (Å²) >= 11 is 0. The lowest BCUT2D eigenvalue weighted by Gasteiger charge is -2.24. The molecule has 1 aromatic rings. The zero-order valence-electron chi connectivity index (χ0n) is 11.0. The van der Waals surface area contributed by atoms with E-state index in [4.69, 9.17) is 5.73 Å². The molecule has 1 saturated carbocycles. The number of nitrogens with two attached hydrogens (primary N) is 1. The number of rotatable bonds is 4. The molecule has 3 heteroatoms. The standard InChI is InChI=1S/C15H22N2O/c1-17(11-12-6-3-2-4-7-12)15(18)14-9-5-8-13(14)10-16/h2-4,6-7,13-14H,5,8-11,16H2,1H3/t13-,14-/m1/s1. The Bertz CT molecular complexity index is 391. The summed E-state index contributed by atoms with van der Waals surface area (Å²) in [7, 11) is 1.89. The fourth-order valence-corrected chi connectivity index (χ4v) is 2.86. The van der Waals surface area contributed by atoms with Gasteiger partial charge in [-0.2, -0.15) is 0 Å². The maximum Gasteiger partial charge on any atom is 0.226 e. The number of carbonyl (C=O) groups excluding carboxylic acids is 1. The summed E-state index contributed by atoms with van der Waals surface area (Å²) in [6.45, 7) is 1.32. The Balaban J connectivity index is 1.96. The monoisotopic (exact) mass is 246 g/mol. The lowest BCUT2D eigenvalue weighted by atomic mass is 9.95. The highest BCUT2D eigenvalue weighted by molar-refractivity contribution is 5.79. The van der Waals surface area contributed by atoms with Gasteiger partial charge in [-0.25, -0.2) is 0 Å². The van der Waals surface area contributed by atoms with E-state index in [0.29, 0.717) is 19.0 Å². The highest BCUT2D eigenvalue weighted by atomic mass is 16.2. The second-order valence-electron chi connectivity index (χ2n) is 5.21. The molecule has 0 aromatic heterocycles. The zero-order chi connectivity index (χ0) is 13.0. The first-order chi connectivity index (χ1) is 8.72. The quantitative estimate of drug-likeness (QED) is 0.883. The molecule has 0 saturated heterocycles. The van der Waals surface area contributed by atoms with Crippen LogP contribution < -0.4 is 5.73 Å². The van der Waals surface area contributed by atoms with E-state index in [-0.39, 0.29) is 11.8 Å². The molecular formula is C15H22N2O. The van der Waals surface area contributed by atoms with Crippen molar-refractivity contribution >= 4 is 5.91 Å². The van der Waals surface area contributed by atoms with Crippen LogP contribution in [0.2, 0.25) is 0 Å². The molecule has 2 rings (SSSR count). The summed E-state index contributed by atoms with van der Waals surface area (Å²) in [6, 6.07) is 10.1. The third-order valence-electron chi connectivity index (χ3n) is 3.92. The Morgan fingerprint density at radius 3 is 2.72 bits per heavy atom. The largest absolute Gasteiger partial charge is 0.341 e. The third-order valence-corrected chi connectivity index (χ3v) is 3.92. The number of benzene rings is 1. The highest BCUT2D eigenvalue weighted by Crippen LogP contribution is 2.32. The van der Waals surface area contributed by atoms with E-state index in [1.807, 2.05) is 30.1 Å². The number of hydrogen-bond acceptors (Lipinski definition) is 2. The number of carbonyl (C=O) groups is 1. The van der Waals surface area contributed by atoms with Crippen LogP contribution in [0.4, 0.5) is 0 Å². The van der Waals surface area contributed by atoms with Crippen LogP contribution in [0.5, 0.6) is 0 Å². The van der Waals surface area contributed by atoms with Crippen molar-refractivity contribution in [2.24, 2.45) is 17.6 Å². The average molecular weight is 246 g/mol. The topological polar surface area (TPSA) is 46.3 Å². The highest BCUT2D eigenvalue weighted by Gasteiger charge is 2.33. The fraction of sp³-hybridized carbons (Fsp3) is 0.533. The Hall–Kier alpha value is -1.35. The van der Waals surface area contributed by atoms with E-state index in [1.54, 1.807) is 0 Å². The summed E-state index contributed by atoms with van der Waals surface area (Å²) in [4.78, 5) is 14.2. The van der Waals surface area contributed by atoms with Crippen molar-refractivity contribution in [3.05, 3.63) is 35.9 Å². The van der Waals surface area contributed by atoms with Gasteiger partial charge in [0.15, 0.2) is 0 Å². The van der Waals surface area contributed by atoms with Gasteiger partial charge in [0.25, 0.3) is 0 Å². The van der Waals surface area contributed by atoms with Crippen molar-refractivity contribution in [1.29, 1.82) is 0 Å². The van der Waals surface area contributed by atoms with Gasteiger partial charge in [0.05, 0.1) is 0 Å². The molecular weight excluding hydrogens is 224 g/mol. The smallest absolute Gasteiger partial charge is 0.226 e. The van der Waals surface area contributed by atoms with Gasteiger partial charge in [-0.1, -0.05) is 36.8 Å². The molecule has 98 valence electrons. The average Bonchev–Trinajstić information content (AvgIpc) is 2.87. The minimum Gasteiger partial charge on any atom is -0.341 e. The van der Waals surface area contributed by atoms with Crippen LogP contribution in [0.15, 0.2) is 30.3 Å². The van der Waals surface area contributed by atoms with Crippen molar-refractivity contribution in [3.8, 4) is 0 Å². The van der Waals surface area contributed by atoms with E-state index < -0.39 is 0 Å². The maximum absolute atomic E-state index is 12.4. The predicted molar refractivity (Wildman–Crippen MR) is 72.8 cm³/mol. The molecule has 0 aliphatic heterocycles. The Morgan fingerprint density at radius 1 is 1.33 bits per heavy atom. The van der Waals surface area contributed by atoms with E-state index in [0.717, 1.165) is 19.3 Å². The van der Waals surface area contributed by atoms with E-state index in [9.17, 15) is 4.79 Å². The van der Waals surface area contributed by atoms with Gasteiger partial charge in [0, 0.05) is 19.5 Å². The van der Waals surface area contributed by atoms with Crippen LogP contribution >= 0.6 is 0 Å². The van der Waals surface area contributed by atoms with Crippen molar-refractivity contribution in [2.75, 3.05) is 13.6 Å². The van der Waals surface area contributed by atoms with Crippen molar-refractivity contribution in [3.63, 3.8) is 0 Å². The van der Waals surface area contributed by atoms with Crippen LogP contribution in [0.3, 0.4) is 0 Å². The van der Waals surface area contributed by atoms with Crippen molar-refractivity contribution in [2.45, 2.75) is 25.8 Å². The van der Waals surface area contributed by atoms with Gasteiger partial charge in [0.2, 0.25) is 5.91 Å². The SMILES string of the molecule is CN(Cc1ccccc1)C(=O)[C@@H]1CCC[C@@H]1CN. The first-order valence-corrected chi connectivity index (χ1v) is 6.71. The fourth-order valence-electron chi connectivity index (χ4n) is 2.86. The van der Waals surface area contributed by atoms with Gasteiger partial charge in [-0.3, -0.25) is 4.79 Å². The molecule has 0 unspecified atom stereocenters. The predicted octanol–water partition coefficient (Wildman–Crippen LogP) is 2.02. The van der Waals surface area contributed by atoms with Crippen LogP contribution in [-0.2, 0) is 11.3 Å². The molecule has 0 radical (unpaired) electrons. The first-order valence-electron chi connectivity index (χ1n) is 6.71. The van der Waals surface area contributed by atoms with Crippen LogP contribution in [0.25, 0.3) is 0 Å². The summed E-state index contributed by atoms with van der Waals surface area (Å²) in [5.74, 6) is 0.784. The van der Waals surface area contributed by atoms with Gasteiger partial charge >= 0.3 is 0 Å². The minimum atomic E-state index is 0.142. The molecule has 3 nitrogen and oxygen atoms in total. The summed E-state index contributed by atoms with van der Waals surface area (Å²) in [6.07, 6.45) is 3.24. The molecule has 1 amide bonds. The molecule has 2 atom stereocenters. The van der Waals surface area contributed by atoms with Gasteiger partial charge in [-0.05, 0) is 30.9 Å². The summed E-state index contributed by atoms with van der Waals surface area (Å²) in [5.41, 5.74) is 6.92. The van der Waals surface area contributed by atoms with Gasteiger partial charge < -0.3 is 10.6 Å². The van der Waals surface area contributed by atoms with E-state index >= 15 is 0 Å². The first kappa shape index (κ1) is 13.1. The zero-order valence-corrected chi connectivity index (χ0v) is 11.0. The Labute approximate surface area is 109 Å². The number of nitrogens with zero attached hydrogens (tertiary/aromatic N) is 1. The number of amides is 1. The van der Waals surface area contributed by atoms with E-state index in [1.165, 1.54) is 5.56 Å². The Kier molecular flexibility index (Phi) is 4.37. The lowest BCUT2D eigenvalue weighted by molar-refractivity contribution is -0.135. The number of hydrogen-bond donors (Lipinski definition) is 1. The molecule has 18 heavy (non-hydrogen) atoms. The Morgan fingerprint density at radius 2 is 2.06 bits per heavy atom. The van der Waals surface area contributed by atoms with Crippen LogP contribution in [-0.4, -0.2) is 24.4 Å². The van der Waals surface area contributed by atoms with Crippen LogP contribution in [0, 0.1) is 11.8 Å². The summed E-state index contributed by atoms with van der Waals surface area (Å²) in [5, 5.41) is 0. The maximum atomic E-state index is 12.4. The van der Waals surface area contributed by atoms with Gasteiger partial charge in [0.1, 0.15) is 0 Å². The second-order valence-corrected chi connectivity index (χ2v) is 5.21. The van der Waals surface area contributed by atoms with E-state index in [2.05, 4.69) is 12.1 Å². The summed E-state index contributed by atoms with van der Waals surface area (Å²) < 4.78 is 0. The molecule has 1 aromatic carbocycles. The normalized spacial score (nSPS) is 23.0. The third kappa shape index (κ3) is 2.91. The molecule has 0 heterocycles. The lowest BCUT2D eigenvalue weighted by Crippen LogP contribution is -2.36. The molecule has 1 aliphatic rings. The molecule has 1 aliphatic carbocycles. The van der Waals surface area contributed by atoms with Crippen LogP contribution in [0.1, 0.15) is 24.8 Å². The molecule has 1 fully saturated rings. The van der Waals surface area contributed by atoms with Crippen molar-refractivity contribution < 1.29 is 4.79 Å². The minimum absolute atomic E-state index is 0.142. The molecule has 0 bridgehead atoms. The molecule has 2 N–H and O–H groups in total. The molecule has 0 spiro atoms. The van der Waals surface area contributed by atoms with Crippen molar-refractivity contribution in [1.82, 2.24) is 4.90 Å². The van der Waals surface area contributed by atoms with Gasteiger partial charge in [-0.15, -0.1) is 0 Å².